The maximum atomic E-state index is 3.20. The molecule has 0 N–H and O–H groups in total. The lowest BCUT2D eigenvalue weighted by molar-refractivity contribution is 0.979. The SMILES string of the molecule is c1cc2c3c(c4cc(-c5cccc(-c6ccc7c8ccccc8n(C8=CC=CCC8)c7c6)c5)ccc4c2cc#1)C=CCC3. The molecule has 0 saturated carbocycles. The number of benzene rings is 5. The monoisotopic (exact) mass is 547 g/mol. The van der Waals surface area contributed by atoms with Crippen LogP contribution in [0.2, 0.25) is 0 Å². The van der Waals surface area contributed by atoms with Crippen molar-refractivity contribution in [1.29, 1.82) is 0 Å². The van der Waals surface area contributed by atoms with Crippen molar-refractivity contribution in [3.63, 3.8) is 0 Å². The Morgan fingerprint density at radius 1 is 0.535 bits per heavy atom. The van der Waals surface area contributed by atoms with Crippen molar-refractivity contribution in [3.8, 4) is 22.3 Å². The van der Waals surface area contributed by atoms with Gasteiger partial charge in [-0.15, -0.1) is 0 Å². The normalized spacial score (nSPS) is 14.4. The minimum absolute atomic E-state index is 1.05. The molecule has 0 fully saturated rings. The summed E-state index contributed by atoms with van der Waals surface area (Å²) in [5.74, 6) is 0. The molecule has 2 aliphatic carbocycles. The summed E-state index contributed by atoms with van der Waals surface area (Å²) < 4.78 is 2.47. The minimum atomic E-state index is 1.05. The summed E-state index contributed by atoms with van der Waals surface area (Å²) in [6.07, 6.45) is 15.7. The quantitative estimate of drug-likeness (QED) is 0.207. The van der Waals surface area contributed by atoms with Crippen LogP contribution in [0.5, 0.6) is 0 Å². The third kappa shape index (κ3) is 3.80. The van der Waals surface area contributed by atoms with E-state index in [2.05, 4.69) is 144 Å². The van der Waals surface area contributed by atoms with Crippen LogP contribution in [-0.2, 0) is 6.42 Å². The lowest BCUT2D eigenvalue weighted by Crippen LogP contribution is -1.98. The third-order valence-corrected chi connectivity index (χ3v) is 9.38. The van der Waals surface area contributed by atoms with Crippen LogP contribution in [0, 0.1) is 12.1 Å². The highest BCUT2D eigenvalue weighted by molar-refractivity contribution is 6.14. The van der Waals surface area contributed by atoms with Crippen LogP contribution in [-0.4, -0.2) is 4.57 Å². The number of para-hydroxylation sites is 1. The summed E-state index contributed by atoms with van der Waals surface area (Å²) in [6.45, 7) is 0. The van der Waals surface area contributed by atoms with Gasteiger partial charge in [-0.3, -0.25) is 0 Å². The van der Waals surface area contributed by atoms with Gasteiger partial charge in [-0.05, 0) is 123 Å². The van der Waals surface area contributed by atoms with Gasteiger partial charge in [-0.1, -0.05) is 97.1 Å². The molecule has 43 heavy (non-hydrogen) atoms. The van der Waals surface area contributed by atoms with Crippen molar-refractivity contribution in [2.45, 2.75) is 25.7 Å². The van der Waals surface area contributed by atoms with Crippen LogP contribution < -0.4 is 0 Å². The average Bonchev–Trinajstić information content (AvgIpc) is 3.42. The van der Waals surface area contributed by atoms with Gasteiger partial charge in [-0.25, -0.2) is 0 Å². The molecule has 1 nitrogen and oxygen atoms in total. The summed E-state index contributed by atoms with van der Waals surface area (Å²) in [7, 11) is 0. The number of allylic oxidation sites excluding steroid dienone is 5. The first-order valence-corrected chi connectivity index (χ1v) is 15.3. The fourth-order valence-electron chi connectivity index (χ4n) is 7.35. The van der Waals surface area contributed by atoms with Crippen LogP contribution in [0.4, 0.5) is 0 Å². The molecule has 0 bridgehead atoms. The first kappa shape index (κ1) is 24.3. The maximum Gasteiger partial charge on any atom is 0.0544 e. The summed E-state index contributed by atoms with van der Waals surface area (Å²) >= 11 is 0. The van der Waals surface area contributed by atoms with E-state index in [-0.39, 0.29) is 0 Å². The van der Waals surface area contributed by atoms with Gasteiger partial charge in [0, 0.05) is 16.5 Å². The highest BCUT2D eigenvalue weighted by atomic mass is 15.0. The first-order chi connectivity index (χ1) is 21.3. The molecule has 0 aliphatic heterocycles. The van der Waals surface area contributed by atoms with Crippen LogP contribution in [0.15, 0.2) is 121 Å². The number of rotatable bonds is 3. The molecule has 0 spiro atoms. The minimum Gasteiger partial charge on any atom is -0.313 e. The maximum absolute atomic E-state index is 3.20. The van der Waals surface area contributed by atoms with Gasteiger partial charge in [0.2, 0.25) is 0 Å². The van der Waals surface area contributed by atoms with Gasteiger partial charge in [-0.2, -0.15) is 0 Å². The largest absolute Gasteiger partial charge is 0.313 e. The van der Waals surface area contributed by atoms with Crippen LogP contribution in [0.1, 0.15) is 30.4 Å². The fraction of sp³-hybridized carbons (Fsp3) is 0.0952. The van der Waals surface area contributed by atoms with Gasteiger partial charge in [0.25, 0.3) is 0 Å². The van der Waals surface area contributed by atoms with E-state index in [1.807, 2.05) is 0 Å². The smallest absolute Gasteiger partial charge is 0.0544 e. The van der Waals surface area contributed by atoms with Gasteiger partial charge in [0.1, 0.15) is 0 Å². The molecule has 0 radical (unpaired) electrons. The molecular formula is C42H29N. The van der Waals surface area contributed by atoms with Crippen molar-refractivity contribution in [1.82, 2.24) is 4.57 Å². The van der Waals surface area contributed by atoms with E-state index in [1.165, 1.54) is 82.4 Å². The van der Waals surface area contributed by atoms with E-state index in [4.69, 9.17) is 0 Å². The molecule has 0 unspecified atom stereocenters. The molecular weight excluding hydrogens is 518 g/mol. The van der Waals surface area contributed by atoms with Crippen molar-refractivity contribution in [3.05, 3.63) is 145 Å². The Labute approximate surface area is 251 Å². The van der Waals surface area contributed by atoms with Gasteiger partial charge < -0.3 is 4.57 Å². The second-order valence-electron chi connectivity index (χ2n) is 11.8. The van der Waals surface area contributed by atoms with E-state index < -0.39 is 0 Å². The number of aromatic nitrogens is 1. The fourth-order valence-corrected chi connectivity index (χ4v) is 7.35. The van der Waals surface area contributed by atoms with Gasteiger partial charge in [0.05, 0.1) is 11.0 Å². The van der Waals surface area contributed by atoms with Crippen molar-refractivity contribution in [2.75, 3.05) is 0 Å². The average molecular weight is 548 g/mol. The number of hydrogen-bond acceptors (Lipinski definition) is 0. The summed E-state index contributed by atoms with van der Waals surface area (Å²) in [5.41, 5.74) is 11.7. The van der Waals surface area contributed by atoms with Crippen LogP contribution in [0.25, 0.3) is 77.4 Å². The molecule has 2 aliphatic rings. The second-order valence-corrected chi connectivity index (χ2v) is 11.8. The molecule has 1 aromatic heterocycles. The van der Waals surface area contributed by atoms with E-state index in [0.717, 1.165) is 25.7 Å². The van der Waals surface area contributed by atoms with Crippen molar-refractivity contribution < 1.29 is 0 Å². The molecule has 202 valence electrons. The number of aryl methyl sites for hydroxylation is 1. The number of hydrogen-bond donors (Lipinski definition) is 0. The molecule has 0 atom stereocenters. The lowest BCUT2D eigenvalue weighted by atomic mass is 9.86. The Bertz CT molecular complexity index is 2340. The highest BCUT2D eigenvalue weighted by Crippen LogP contribution is 2.40. The Kier molecular flexibility index (Phi) is 5.43. The summed E-state index contributed by atoms with van der Waals surface area (Å²) in [4.78, 5) is 0. The zero-order chi connectivity index (χ0) is 28.3. The first-order valence-electron chi connectivity index (χ1n) is 15.3. The lowest BCUT2D eigenvalue weighted by Gasteiger charge is -2.18. The highest BCUT2D eigenvalue weighted by Gasteiger charge is 2.17. The predicted molar refractivity (Wildman–Crippen MR) is 183 cm³/mol. The molecule has 0 amide bonds. The zero-order valence-corrected chi connectivity index (χ0v) is 23.9. The molecule has 9 rings (SSSR count). The predicted octanol–water partition coefficient (Wildman–Crippen LogP) is 11.2. The van der Waals surface area contributed by atoms with E-state index in [9.17, 15) is 0 Å². The molecule has 1 heteroatoms. The van der Waals surface area contributed by atoms with Crippen LogP contribution in [0.3, 0.4) is 0 Å². The Morgan fingerprint density at radius 2 is 1.28 bits per heavy atom. The van der Waals surface area contributed by atoms with E-state index >= 15 is 0 Å². The van der Waals surface area contributed by atoms with E-state index in [0.29, 0.717) is 0 Å². The third-order valence-electron chi connectivity index (χ3n) is 9.38. The molecule has 1 heterocycles. The number of fused-ring (bicyclic) bond motifs is 9. The zero-order valence-electron chi connectivity index (χ0n) is 23.9. The number of nitrogens with zero attached hydrogens (tertiary/aromatic N) is 1. The molecule has 0 saturated heterocycles. The van der Waals surface area contributed by atoms with Gasteiger partial charge >= 0.3 is 0 Å². The molecule has 6 aromatic carbocycles. The topological polar surface area (TPSA) is 4.93 Å². The van der Waals surface area contributed by atoms with Crippen LogP contribution >= 0.6 is 0 Å². The standard InChI is InChI=1S/C42H29N/c1-2-13-32(14-3-1)43-41-20-9-8-19-38(41)39-24-22-31(27-42(39)43)29-12-10-11-28(25-29)30-21-23-37-35-17-5-4-15-33(35)34-16-6-7-18-36(34)40(37)26-30/h1-2,7-13,15,17-27H,3,6,14,16H2. The van der Waals surface area contributed by atoms with E-state index in [1.54, 1.807) is 0 Å². The van der Waals surface area contributed by atoms with Crippen molar-refractivity contribution >= 4 is 55.1 Å². The summed E-state index contributed by atoms with van der Waals surface area (Å²) in [5, 5.41) is 7.81. The second kappa shape index (κ2) is 9.62. The van der Waals surface area contributed by atoms with Crippen molar-refractivity contribution in [2.24, 2.45) is 0 Å². The van der Waals surface area contributed by atoms with Gasteiger partial charge in [0.15, 0.2) is 0 Å². The summed E-state index contributed by atoms with van der Waals surface area (Å²) in [6, 6.07) is 42.4. The molecule has 7 aromatic rings. The Balaban J connectivity index is 1.20. The Hall–Kier alpha value is -5.32. The Morgan fingerprint density at radius 3 is 2.14 bits per heavy atom.